The summed E-state index contributed by atoms with van der Waals surface area (Å²) in [4.78, 5) is 12.3. The Hall–Kier alpha value is -2.26. The molecule has 0 saturated heterocycles. The smallest absolute Gasteiger partial charge is 0.359 e. The standard InChI is InChI=1S/C13H11NO6S2/c1-14-10(13(16)19-2)11(15)12-9(22(14,17)18)6-8(21-12)7-4-3-5-20-7/h3-6,15H,1-2H3. The lowest BCUT2D eigenvalue weighted by Gasteiger charge is -2.25. The van der Waals surface area contributed by atoms with E-state index >= 15 is 0 Å². The van der Waals surface area contributed by atoms with Gasteiger partial charge in [0.05, 0.1) is 23.1 Å². The normalized spacial score (nSPS) is 16.5. The minimum absolute atomic E-state index is 0.0726. The predicted molar refractivity (Wildman–Crippen MR) is 78.5 cm³/mol. The Balaban J connectivity index is 2.27. The van der Waals surface area contributed by atoms with E-state index in [4.69, 9.17) is 4.42 Å². The summed E-state index contributed by atoms with van der Waals surface area (Å²) < 4.78 is 35.5. The van der Waals surface area contributed by atoms with Gasteiger partial charge in [-0.15, -0.1) is 11.3 Å². The van der Waals surface area contributed by atoms with Crippen LogP contribution in [0.15, 0.2) is 39.5 Å². The maximum Gasteiger partial charge on any atom is 0.359 e. The summed E-state index contributed by atoms with van der Waals surface area (Å²) in [5.41, 5.74) is -0.414. The number of methoxy groups -OCH3 is 1. The highest BCUT2D eigenvalue weighted by atomic mass is 32.2. The molecule has 1 N–H and O–H groups in total. The average molecular weight is 341 g/mol. The summed E-state index contributed by atoms with van der Waals surface area (Å²) in [5.74, 6) is -0.881. The molecule has 0 atom stereocenters. The first-order valence-corrected chi connectivity index (χ1v) is 8.32. The number of carbonyl (C=O) groups is 1. The highest BCUT2D eigenvalue weighted by Gasteiger charge is 2.40. The van der Waals surface area contributed by atoms with E-state index in [0.717, 1.165) is 22.8 Å². The van der Waals surface area contributed by atoms with Crippen LogP contribution in [0.5, 0.6) is 0 Å². The molecule has 1 aliphatic heterocycles. The number of fused-ring (bicyclic) bond motifs is 1. The molecular formula is C13H11NO6S2. The molecular weight excluding hydrogens is 330 g/mol. The third kappa shape index (κ3) is 1.93. The molecule has 0 fully saturated rings. The number of esters is 1. The van der Waals surface area contributed by atoms with Crippen LogP contribution in [0, 0.1) is 0 Å². The lowest BCUT2D eigenvalue weighted by Crippen LogP contribution is -2.34. The molecule has 3 heterocycles. The molecule has 0 amide bonds. The summed E-state index contributed by atoms with van der Waals surface area (Å²) in [6.45, 7) is 0. The van der Waals surface area contributed by atoms with Crippen LogP contribution >= 0.6 is 11.3 Å². The minimum atomic E-state index is -3.94. The Kier molecular flexibility index (Phi) is 3.26. The van der Waals surface area contributed by atoms with Crippen LogP contribution in [0.3, 0.4) is 0 Å². The fourth-order valence-electron chi connectivity index (χ4n) is 2.12. The maximum atomic E-state index is 12.5. The number of likely N-dealkylation sites (N-methyl/N-ethyl adjacent to an activating group) is 1. The van der Waals surface area contributed by atoms with Gasteiger partial charge in [-0.2, -0.15) is 0 Å². The monoisotopic (exact) mass is 341 g/mol. The van der Waals surface area contributed by atoms with Gasteiger partial charge in [0.15, 0.2) is 11.5 Å². The first-order valence-electron chi connectivity index (χ1n) is 6.06. The molecule has 2 aromatic heterocycles. The molecule has 7 nitrogen and oxygen atoms in total. The molecule has 1 aliphatic rings. The van der Waals surface area contributed by atoms with Crippen molar-refractivity contribution in [3.63, 3.8) is 0 Å². The number of aliphatic hydroxyl groups is 1. The number of hydrogen-bond donors (Lipinski definition) is 1. The third-order valence-electron chi connectivity index (χ3n) is 3.23. The minimum Gasteiger partial charge on any atom is -0.504 e. The third-order valence-corrected chi connectivity index (χ3v) is 6.30. The summed E-state index contributed by atoms with van der Waals surface area (Å²) in [7, 11) is -1.65. The van der Waals surface area contributed by atoms with E-state index in [1.54, 1.807) is 12.1 Å². The Morgan fingerprint density at radius 2 is 2.18 bits per heavy atom. The van der Waals surface area contributed by atoms with Crippen molar-refractivity contribution in [3.8, 4) is 10.6 Å². The number of sulfonamides is 1. The molecule has 3 rings (SSSR count). The number of thiophene rings is 1. The fourth-order valence-corrected chi connectivity index (χ4v) is 4.89. The van der Waals surface area contributed by atoms with E-state index in [1.165, 1.54) is 19.4 Å². The second-order valence-electron chi connectivity index (χ2n) is 4.44. The van der Waals surface area contributed by atoms with Crippen molar-refractivity contribution in [3.05, 3.63) is 35.0 Å². The van der Waals surface area contributed by atoms with Crippen LogP contribution in [0.4, 0.5) is 0 Å². The van der Waals surface area contributed by atoms with Crippen molar-refractivity contribution < 1.29 is 27.5 Å². The summed E-state index contributed by atoms with van der Waals surface area (Å²) in [5, 5.41) is 10.3. The molecule has 0 bridgehead atoms. The largest absolute Gasteiger partial charge is 0.504 e. The SMILES string of the molecule is COC(=O)C1=C(O)c2sc(-c3ccco3)cc2S(=O)(=O)N1C. The van der Waals surface area contributed by atoms with Crippen molar-refractivity contribution >= 4 is 33.1 Å². The van der Waals surface area contributed by atoms with Gasteiger partial charge in [-0.1, -0.05) is 0 Å². The predicted octanol–water partition coefficient (Wildman–Crippen LogP) is 2.04. The molecule has 9 heteroatoms. The number of nitrogens with zero attached hydrogens (tertiary/aromatic N) is 1. The van der Waals surface area contributed by atoms with Crippen LogP contribution in [0.2, 0.25) is 0 Å². The quantitative estimate of drug-likeness (QED) is 0.840. The molecule has 0 spiro atoms. The van der Waals surface area contributed by atoms with Gasteiger partial charge >= 0.3 is 5.97 Å². The topological polar surface area (TPSA) is 97.0 Å². The van der Waals surface area contributed by atoms with E-state index in [1.807, 2.05) is 0 Å². The molecule has 116 valence electrons. The molecule has 0 unspecified atom stereocenters. The van der Waals surface area contributed by atoms with Crippen LogP contribution in [-0.2, 0) is 19.6 Å². The summed E-state index contributed by atoms with van der Waals surface area (Å²) >= 11 is 1.02. The second kappa shape index (κ2) is 4.89. The zero-order chi connectivity index (χ0) is 16.1. The van der Waals surface area contributed by atoms with Gasteiger partial charge in [0.25, 0.3) is 10.0 Å². The van der Waals surface area contributed by atoms with Crippen molar-refractivity contribution in [2.75, 3.05) is 14.2 Å². The lowest BCUT2D eigenvalue weighted by atomic mass is 10.3. The Morgan fingerprint density at radius 3 is 2.77 bits per heavy atom. The summed E-state index contributed by atoms with van der Waals surface area (Å²) in [6, 6.07) is 4.76. The molecule has 2 aromatic rings. The Labute approximate surface area is 130 Å². The van der Waals surface area contributed by atoms with E-state index in [-0.39, 0.29) is 9.77 Å². The zero-order valence-corrected chi connectivity index (χ0v) is 13.2. The number of hydrogen-bond acceptors (Lipinski definition) is 7. The second-order valence-corrected chi connectivity index (χ2v) is 7.43. The van der Waals surface area contributed by atoms with Gasteiger partial charge in [-0.05, 0) is 18.2 Å². The van der Waals surface area contributed by atoms with Crippen molar-refractivity contribution in [1.29, 1.82) is 0 Å². The van der Waals surface area contributed by atoms with E-state index in [2.05, 4.69) is 4.74 Å². The number of rotatable bonds is 2. The molecule has 0 aliphatic carbocycles. The van der Waals surface area contributed by atoms with E-state index < -0.39 is 27.4 Å². The molecule has 0 radical (unpaired) electrons. The lowest BCUT2D eigenvalue weighted by molar-refractivity contribution is -0.137. The number of ether oxygens (including phenoxy) is 1. The molecule has 22 heavy (non-hydrogen) atoms. The van der Waals surface area contributed by atoms with Gasteiger partial charge in [0.1, 0.15) is 10.7 Å². The zero-order valence-electron chi connectivity index (χ0n) is 11.6. The van der Waals surface area contributed by atoms with Gasteiger partial charge in [-0.25, -0.2) is 13.2 Å². The number of aliphatic hydroxyl groups excluding tert-OH is 1. The Morgan fingerprint density at radius 1 is 1.45 bits per heavy atom. The van der Waals surface area contributed by atoms with Gasteiger partial charge < -0.3 is 14.3 Å². The average Bonchev–Trinajstić information content (AvgIpc) is 3.14. The van der Waals surface area contributed by atoms with Crippen LogP contribution in [-0.4, -0.2) is 38.0 Å². The van der Waals surface area contributed by atoms with Crippen LogP contribution in [0.1, 0.15) is 4.88 Å². The van der Waals surface area contributed by atoms with E-state index in [9.17, 15) is 18.3 Å². The summed E-state index contributed by atoms with van der Waals surface area (Å²) in [6.07, 6.45) is 1.46. The molecule has 0 aromatic carbocycles. The maximum absolute atomic E-state index is 12.5. The number of furan rings is 1. The highest BCUT2D eigenvalue weighted by Crippen LogP contribution is 2.43. The van der Waals surface area contributed by atoms with Gasteiger partial charge in [0, 0.05) is 7.05 Å². The first-order chi connectivity index (χ1) is 10.4. The fraction of sp³-hybridized carbons (Fsp3) is 0.154. The van der Waals surface area contributed by atoms with Gasteiger partial charge in [0.2, 0.25) is 0 Å². The van der Waals surface area contributed by atoms with Crippen molar-refractivity contribution in [1.82, 2.24) is 4.31 Å². The molecule has 0 saturated carbocycles. The van der Waals surface area contributed by atoms with Gasteiger partial charge in [-0.3, -0.25) is 4.31 Å². The van der Waals surface area contributed by atoms with Crippen LogP contribution < -0.4 is 0 Å². The highest BCUT2D eigenvalue weighted by molar-refractivity contribution is 7.89. The first kappa shape index (κ1) is 14.7. The van der Waals surface area contributed by atoms with Crippen LogP contribution in [0.25, 0.3) is 16.4 Å². The number of carbonyl (C=O) groups excluding carboxylic acids is 1. The Bertz CT molecular complexity index is 876. The van der Waals surface area contributed by atoms with Crippen molar-refractivity contribution in [2.24, 2.45) is 0 Å². The van der Waals surface area contributed by atoms with Crippen molar-refractivity contribution in [2.45, 2.75) is 4.90 Å². The van der Waals surface area contributed by atoms with E-state index in [0.29, 0.717) is 10.6 Å².